The van der Waals surface area contributed by atoms with Gasteiger partial charge in [-0.2, -0.15) is 13.2 Å². The predicted molar refractivity (Wildman–Crippen MR) is 107 cm³/mol. The minimum Gasteiger partial charge on any atom is -0.365 e. The third-order valence-corrected chi connectivity index (χ3v) is 4.61. The van der Waals surface area contributed by atoms with Crippen molar-refractivity contribution >= 4 is 28.3 Å². The molecule has 2 heterocycles. The van der Waals surface area contributed by atoms with Gasteiger partial charge in [0.05, 0.1) is 16.5 Å². The van der Waals surface area contributed by atoms with Crippen molar-refractivity contribution in [3.8, 4) is 11.1 Å². The molecule has 4 aromatic rings. The Labute approximate surface area is 169 Å². The van der Waals surface area contributed by atoms with Crippen LogP contribution < -0.4 is 5.32 Å². The first kappa shape index (κ1) is 19.1. The summed E-state index contributed by atoms with van der Waals surface area (Å²) in [5, 5.41) is 3.68. The molecule has 0 spiro atoms. The zero-order valence-electron chi connectivity index (χ0n) is 14.9. The van der Waals surface area contributed by atoms with E-state index in [2.05, 4.69) is 20.3 Å². The third-order valence-electron chi connectivity index (χ3n) is 4.44. The van der Waals surface area contributed by atoms with Gasteiger partial charge in [-0.05, 0) is 34.9 Å². The molecule has 0 aliphatic rings. The minimum atomic E-state index is -4.47. The lowest BCUT2D eigenvalue weighted by molar-refractivity contribution is -0.138. The fourth-order valence-corrected chi connectivity index (χ4v) is 3.34. The number of halogens is 4. The van der Waals surface area contributed by atoms with E-state index < -0.39 is 11.7 Å². The molecule has 0 saturated carbocycles. The van der Waals surface area contributed by atoms with E-state index in [-0.39, 0.29) is 17.4 Å². The Balaban J connectivity index is 1.79. The Hall–Kier alpha value is -3.19. The van der Waals surface area contributed by atoms with Crippen molar-refractivity contribution in [2.45, 2.75) is 12.7 Å². The number of nitrogens with one attached hydrogen (secondary N) is 1. The molecule has 0 amide bonds. The Morgan fingerprint density at radius 1 is 0.931 bits per heavy atom. The average molecular weight is 415 g/mol. The van der Waals surface area contributed by atoms with Crippen LogP contribution in [0.1, 0.15) is 11.1 Å². The van der Waals surface area contributed by atoms with Crippen molar-refractivity contribution in [1.29, 1.82) is 0 Å². The minimum absolute atomic E-state index is 0.00689. The number of hydrogen-bond acceptors (Lipinski definition) is 4. The summed E-state index contributed by atoms with van der Waals surface area (Å²) in [5.41, 5.74) is 1.65. The van der Waals surface area contributed by atoms with Crippen LogP contribution in [0.5, 0.6) is 0 Å². The first-order valence-corrected chi connectivity index (χ1v) is 9.07. The summed E-state index contributed by atoms with van der Waals surface area (Å²) in [6.07, 6.45) is -2.16. The second-order valence-corrected chi connectivity index (χ2v) is 6.63. The van der Waals surface area contributed by atoms with Crippen molar-refractivity contribution in [2.75, 3.05) is 5.32 Å². The number of benzene rings is 2. The zero-order valence-corrected chi connectivity index (χ0v) is 15.7. The first-order chi connectivity index (χ1) is 13.9. The van der Waals surface area contributed by atoms with Crippen LogP contribution in [0.15, 0.2) is 67.0 Å². The van der Waals surface area contributed by atoms with Crippen LogP contribution in [0.4, 0.5) is 19.0 Å². The summed E-state index contributed by atoms with van der Waals surface area (Å²) in [5.74, 6) is 0.358. The second-order valence-electron chi connectivity index (χ2n) is 6.29. The number of nitrogens with zero attached hydrogens (tertiary/aromatic N) is 3. The Bertz CT molecular complexity index is 1160. The van der Waals surface area contributed by atoms with Gasteiger partial charge >= 0.3 is 6.18 Å². The summed E-state index contributed by atoms with van der Waals surface area (Å²) >= 11 is 6.05. The van der Waals surface area contributed by atoms with E-state index in [1.165, 1.54) is 6.20 Å². The van der Waals surface area contributed by atoms with Crippen LogP contribution in [0, 0.1) is 0 Å². The summed E-state index contributed by atoms with van der Waals surface area (Å²) < 4.78 is 39.8. The molecule has 0 bridgehead atoms. The van der Waals surface area contributed by atoms with Gasteiger partial charge in [-0.25, -0.2) is 9.97 Å². The SMILES string of the molecule is FC(F)(F)c1ccncc1CNc1nc(Cl)nc2cccc(-c3ccccc3)c12. The molecule has 2 aromatic carbocycles. The van der Waals surface area contributed by atoms with Gasteiger partial charge in [-0.15, -0.1) is 0 Å². The van der Waals surface area contributed by atoms with E-state index in [9.17, 15) is 13.2 Å². The normalized spacial score (nSPS) is 11.6. The van der Waals surface area contributed by atoms with Gasteiger partial charge in [0.1, 0.15) is 5.82 Å². The van der Waals surface area contributed by atoms with E-state index in [4.69, 9.17) is 11.6 Å². The monoisotopic (exact) mass is 414 g/mol. The molecule has 4 nitrogen and oxygen atoms in total. The molecule has 1 N–H and O–H groups in total. The highest BCUT2D eigenvalue weighted by atomic mass is 35.5. The number of anilines is 1. The standard InChI is InChI=1S/C21H14ClF3N4/c22-20-28-17-8-4-7-15(13-5-2-1-3-6-13)18(17)19(29-20)27-12-14-11-26-10-9-16(14)21(23,24)25/h1-11H,12H2,(H,27,28,29). The lowest BCUT2D eigenvalue weighted by atomic mass is 10.0. The molecule has 0 saturated heterocycles. The Kier molecular flexibility index (Phi) is 5.07. The number of alkyl halides is 3. The molecule has 0 atom stereocenters. The first-order valence-electron chi connectivity index (χ1n) is 8.69. The quantitative estimate of drug-likeness (QED) is 0.417. The van der Waals surface area contributed by atoms with Crippen LogP contribution >= 0.6 is 11.6 Å². The van der Waals surface area contributed by atoms with Crippen LogP contribution in [0.2, 0.25) is 5.28 Å². The maximum Gasteiger partial charge on any atom is 0.416 e. The smallest absolute Gasteiger partial charge is 0.365 e. The Morgan fingerprint density at radius 3 is 2.48 bits per heavy atom. The second kappa shape index (κ2) is 7.67. The lowest BCUT2D eigenvalue weighted by Crippen LogP contribution is -2.13. The van der Waals surface area contributed by atoms with E-state index >= 15 is 0 Å². The number of aromatic nitrogens is 3. The molecule has 146 valence electrons. The largest absolute Gasteiger partial charge is 0.416 e. The van der Waals surface area contributed by atoms with Gasteiger partial charge in [-0.1, -0.05) is 42.5 Å². The van der Waals surface area contributed by atoms with Gasteiger partial charge in [0, 0.05) is 24.5 Å². The lowest BCUT2D eigenvalue weighted by Gasteiger charge is -2.15. The van der Waals surface area contributed by atoms with E-state index in [0.717, 1.165) is 23.4 Å². The van der Waals surface area contributed by atoms with Crippen LogP contribution in [0.3, 0.4) is 0 Å². The molecule has 8 heteroatoms. The van der Waals surface area contributed by atoms with Gasteiger partial charge < -0.3 is 5.32 Å². The number of hydrogen-bond donors (Lipinski definition) is 1. The van der Waals surface area contributed by atoms with Gasteiger partial charge in [-0.3, -0.25) is 4.98 Å². The van der Waals surface area contributed by atoms with E-state index in [1.54, 1.807) is 6.07 Å². The van der Waals surface area contributed by atoms with Crippen LogP contribution in [-0.2, 0) is 12.7 Å². The molecule has 2 aromatic heterocycles. The summed E-state index contributed by atoms with van der Waals surface area (Å²) in [6.45, 7) is -0.117. The molecule has 4 rings (SSSR count). The van der Waals surface area contributed by atoms with Crippen molar-refractivity contribution in [2.24, 2.45) is 0 Å². The highest BCUT2D eigenvalue weighted by Gasteiger charge is 2.33. The summed E-state index contributed by atoms with van der Waals surface area (Å²) in [7, 11) is 0. The van der Waals surface area contributed by atoms with Gasteiger partial charge in [0.15, 0.2) is 0 Å². The number of rotatable bonds is 4. The molecular weight excluding hydrogens is 401 g/mol. The number of pyridine rings is 1. The van der Waals surface area contributed by atoms with Crippen molar-refractivity contribution < 1.29 is 13.2 Å². The van der Waals surface area contributed by atoms with Gasteiger partial charge in [0.2, 0.25) is 5.28 Å². The summed E-state index contributed by atoms with van der Waals surface area (Å²) in [6, 6.07) is 16.1. The predicted octanol–water partition coefficient (Wildman–Crippen LogP) is 5.98. The van der Waals surface area contributed by atoms with E-state index in [0.29, 0.717) is 16.7 Å². The third kappa shape index (κ3) is 4.00. The maximum absolute atomic E-state index is 13.3. The maximum atomic E-state index is 13.3. The molecule has 0 aliphatic heterocycles. The molecule has 0 fully saturated rings. The molecule has 0 unspecified atom stereocenters. The van der Waals surface area contributed by atoms with Crippen molar-refractivity contribution in [1.82, 2.24) is 15.0 Å². The van der Waals surface area contributed by atoms with E-state index in [1.807, 2.05) is 42.5 Å². The van der Waals surface area contributed by atoms with Crippen molar-refractivity contribution in [3.63, 3.8) is 0 Å². The molecule has 0 aliphatic carbocycles. The van der Waals surface area contributed by atoms with Crippen LogP contribution in [0.25, 0.3) is 22.0 Å². The van der Waals surface area contributed by atoms with Crippen LogP contribution in [-0.4, -0.2) is 15.0 Å². The van der Waals surface area contributed by atoms with Crippen molar-refractivity contribution in [3.05, 3.63) is 83.4 Å². The zero-order chi connectivity index (χ0) is 20.4. The van der Waals surface area contributed by atoms with Gasteiger partial charge in [0.25, 0.3) is 0 Å². The fraction of sp³-hybridized carbons (Fsp3) is 0.0952. The average Bonchev–Trinajstić information content (AvgIpc) is 2.71. The molecule has 29 heavy (non-hydrogen) atoms. The highest BCUT2D eigenvalue weighted by Crippen LogP contribution is 2.35. The Morgan fingerprint density at radius 2 is 1.72 bits per heavy atom. The molecule has 0 radical (unpaired) electrons. The number of fused-ring (bicyclic) bond motifs is 1. The fourth-order valence-electron chi connectivity index (χ4n) is 3.16. The summed E-state index contributed by atoms with van der Waals surface area (Å²) in [4.78, 5) is 12.3. The topological polar surface area (TPSA) is 50.7 Å². The molecular formula is C21H14ClF3N4. The highest BCUT2D eigenvalue weighted by molar-refractivity contribution is 6.29.